The van der Waals surface area contributed by atoms with Gasteiger partial charge in [-0.3, -0.25) is 4.79 Å². The smallest absolute Gasteiger partial charge is 0.382 e. The molecule has 3 rings (SSSR count). The Morgan fingerprint density at radius 2 is 2.00 bits per heavy atom. The number of amides is 1. The van der Waals surface area contributed by atoms with Crippen LogP contribution in [0.25, 0.3) is 0 Å². The molecule has 0 aromatic heterocycles. The first kappa shape index (κ1) is 21.7. The van der Waals surface area contributed by atoms with E-state index < -0.39 is 17.3 Å². The van der Waals surface area contributed by atoms with Gasteiger partial charge < -0.3 is 14.5 Å². The van der Waals surface area contributed by atoms with E-state index in [1.54, 1.807) is 21.9 Å². The number of piperazine rings is 1. The molecule has 2 aromatic rings. The van der Waals surface area contributed by atoms with Crippen molar-refractivity contribution in [2.75, 3.05) is 38.3 Å². The molecule has 0 radical (unpaired) electrons. The lowest BCUT2D eigenvalue weighted by Gasteiger charge is -2.42. The summed E-state index contributed by atoms with van der Waals surface area (Å²) >= 11 is 0. The molecule has 0 saturated carbocycles. The van der Waals surface area contributed by atoms with E-state index in [1.165, 1.54) is 19.2 Å². The minimum Gasteiger partial charge on any atom is -0.382 e. The summed E-state index contributed by atoms with van der Waals surface area (Å²) in [4.78, 5) is 16.4. The lowest BCUT2D eigenvalue weighted by molar-refractivity contribution is -0.137. The number of nitrogens with zero attached hydrogens (tertiary/aromatic N) is 3. The second kappa shape index (κ2) is 8.76. The molecule has 1 atom stereocenters. The number of carbonyl (C=O) groups is 1. The normalized spacial score (nSPS) is 17.0. The Bertz CT molecular complexity index is 969. The highest BCUT2D eigenvalue weighted by Crippen LogP contribution is 2.35. The van der Waals surface area contributed by atoms with Crippen LogP contribution in [-0.2, 0) is 10.9 Å². The number of methoxy groups -OCH3 is 1. The number of alkyl halides is 3. The Morgan fingerprint density at radius 3 is 2.63 bits per heavy atom. The number of ether oxygens (including phenoxy) is 1. The van der Waals surface area contributed by atoms with Gasteiger partial charge in [-0.2, -0.15) is 18.4 Å². The standard InChI is InChI=1S/C22H22F3N3O2/c1-15-4-3-5-16(10-15)21(29)27-8-9-28(19(13-27)14-30-2)18-7-6-17(12-26)20(11-18)22(23,24)25/h3-7,10-11,19H,8-9,13-14H2,1-2H3. The van der Waals surface area contributed by atoms with E-state index in [2.05, 4.69) is 0 Å². The number of halogens is 3. The highest BCUT2D eigenvalue weighted by molar-refractivity contribution is 5.94. The first-order chi connectivity index (χ1) is 14.2. The first-order valence-electron chi connectivity index (χ1n) is 9.47. The van der Waals surface area contributed by atoms with Gasteiger partial charge in [-0.25, -0.2) is 0 Å². The molecule has 0 spiro atoms. The first-order valence-corrected chi connectivity index (χ1v) is 9.47. The van der Waals surface area contributed by atoms with Crippen molar-refractivity contribution in [1.82, 2.24) is 4.90 Å². The molecule has 30 heavy (non-hydrogen) atoms. The Balaban J connectivity index is 1.86. The average Bonchev–Trinajstić information content (AvgIpc) is 2.72. The van der Waals surface area contributed by atoms with Gasteiger partial charge in [0, 0.05) is 38.0 Å². The second-order valence-corrected chi connectivity index (χ2v) is 7.26. The Labute approximate surface area is 173 Å². The van der Waals surface area contributed by atoms with Gasteiger partial charge in [0.1, 0.15) is 0 Å². The summed E-state index contributed by atoms with van der Waals surface area (Å²) in [5, 5.41) is 9.01. The van der Waals surface area contributed by atoms with Crippen LogP contribution in [0.1, 0.15) is 27.0 Å². The molecule has 1 fully saturated rings. The molecule has 0 bridgehead atoms. The van der Waals surface area contributed by atoms with Crippen molar-refractivity contribution in [3.05, 3.63) is 64.7 Å². The van der Waals surface area contributed by atoms with Gasteiger partial charge in [-0.1, -0.05) is 17.7 Å². The van der Waals surface area contributed by atoms with Gasteiger partial charge in [-0.15, -0.1) is 0 Å². The monoisotopic (exact) mass is 417 g/mol. The molecule has 2 aromatic carbocycles. The van der Waals surface area contributed by atoms with Crippen LogP contribution in [0.15, 0.2) is 42.5 Å². The van der Waals surface area contributed by atoms with Crippen molar-refractivity contribution in [2.24, 2.45) is 0 Å². The zero-order chi connectivity index (χ0) is 21.9. The summed E-state index contributed by atoms with van der Waals surface area (Å²) in [6.45, 7) is 3.20. The molecule has 1 amide bonds. The van der Waals surface area contributed by atoms with Crippen LogP contribution in [0.5, 0.6) is 0 Å². The van der Waals surface area contributed by atoms with E-state index in [-0.39, 0.29) is 18.6 Å². The van der Waals surface area contributed by atoms with Crippen LogP contribution in [-0.4, -0.2) is 50.2 Å². The number of hydrogen-bond donors (Lipinski definition) is 0. The zero-order valence-electron chi connectivity index (χ0n) is 16.7. The second-order valence-electron chi connectivity index (χ2n) is 7.26. The summed E-state index contributed by atoms with van der Waals surface area (Å²) < 4.78 is 45.4. The maximum Gasteiger partial charge on any atom is 0.417 e. The fourth-order valence-corrected chi connectivity index (χ4v) is 3.72. The largest absolute Gasteiger partial charge is 0.417 e. The predicted octanol–water partition coefficient (Wildman–Crippen LogP) is 3.86. The van der Waals surface area contributed by atoms with E-state index in [0.717, 1.165) is 11.6 Å². The fraction of sp³-hybridized carbons (Fsp3) is 0.364. The molecule has 8 heteroatoms. The van der Waals surface area contributed by atoms with Crippen molar-refractivity contribution in [3.63, 3.8) is 0 Å². The molecule has 0 N–H and O–H groups in total. The molecule has 1 saturated heterocycles. The SMILES string of the molecule is COCC1CN(C(=O)c2cccc(C)c2)CCN1c1ccc(C#N)c(C(F)(F)F)c1. The van der Waals surface area contributed by atoms with E-state index in [0.29, 0.717) is 30.9 Å². The third kappa shape index (κ3) is 4.57. The third-order valence-electron chi connectivity index (χ3n) is 5.15. The van der Waals surface area contributed by atoms with Gasteiger partial charge in [0.2, 0.25) is 0 Å². The van der Waals surface area contributed by atoms with Crippen LogP contribution in [0.3, 0.4) is 0 Å². The van der Waals surface area contributed by atoms with Crippen LogP contribution in [0.4, 0.5) is 18.9 Å². The highest BCUT2D eigenvalue weighted by Gasteiger charge is 2.36. The molecule has 1 unspecified atom stereocenters. The topological polar surface area (TPSA) is 56.6 Å². The summed E-state index contributed by atoms with van der Waals surface area (Å²) in [7, 11) is 1.51. The van der Waals surface area contributed by atoms with Crippen molar-refractivity contribution in [1.29, 1.82) is 5.26 Å². The molecule has 1 aliphatic heterocycles. The lowest BCUT2D eigenvalue weighted by atomic mass is 10.0. The summed E-state index contributed by atoms with van der Waals surface area (Å²) in [6, 6.07) is 12.3. The predicted molar refractivity (Wildman–Crippen MR) is 106 cm³/mol. The number of carbonyl (C=O) groups excluding carboxylic acids is 1. The Morgan fingerprint density at radius 1 is 1.23 bits per heavy atom. The maximum atomic E-state index is 13.4. The fourth-order valence-electron chi connectivity index (χ4n) is 3.72. The van der Waals surface area contributed by atoms with E-state index in [4.69, 9.17) is 10.00 Å². The number of rotatable bonds is 4. The van der Waals surface area contributed by atoms with Crippen molar-refractivity contribution < 1.29 is 22.7 Å². The van der Waals surface area contributed by atoms with Gasteiger partial charge in [-0.05, 0) is 37.3 Å². The minimum absolute atomic E-state index is 0.115. The zero-order valence-corrected chi connectivity index (χ0v) is 16.7. The van der Waals surface area contributed by atoms with E-state index >= 15 is 0 Å². The average molecular weight is 417 g/mol. The Hall–Kier alpha value is -3.05. The lowest BCUT2D eigenvalue weighted by Crippen LogP contribution is -2.56. The number of anilines is 1. The molecule has 0 aliphatic carbocycles. The van der Waals surface area contributed by atoms with Crippen LogP contribution in [0, 0.1) is 18.3 Å². The van der Waals surface area contributed by atoms with Crippen LogP contribution < -0.4 is 4.90 Å². The third-order valence-corrected chi connectivity index (χ3v) is 5.15. The molecule has 1 heterocycles. The number of aryl methyl sites for hydroxylation is 1. The van der Waals surface area contributed by atoms with E-state index in [9.17, 15) is 18.0 Å². The van der Waals surface area contributed by atoms with Gasteiger partial charge in [0.05, 0.1) is 29.8 Å². The number of benzene rings is 2. The Kier molecular flexibility index (Phi) is 6.32. The maximum absolute atomic E-state index is 13.4. The molecular formula is C22H22F3N3O2. The highest BCUT2D eigenvalue weighted by atomic mass is 19.4. The quantitative estimate of drug-likeness (QED) is 0.758. The summed E-state index contributed by atoms with van der Waals surface area (Å²) in [5.41, 5.74) is 0.535. The van der Waals surface area contributed by atoms with Crippen LogP contribution in [0.2, 0.25) is 0 Å². The van der Waals surface area contributed by atoms with Gasteiger partial charge in [0.25, 0.3) is 5.91 Å². The minimum atomic E-state index is -4.62. The molecule has 5 nitrogen and oxygen atoms in total. The number of hydrogen-bond acceptors (Lipinski definition) is 4. The molecular weight excluding hydrogens is 395 g/mol. The molecule has 158 valence electrons. The van der Waals surface area contributed by atoms with Crippen molar-refractivity contribution in [2.45, 2.75) is 19.1 Å². The van der Waals surface area contributed by atoms with Gasteiger partial charge >= 0.3 is 6.18 Å². The number of nitriles is 1. The van der Waals surface area contributed by atoms with Crippen molar-refractivity contribution in [3.8, 4) is 6.07 Å². The summed E-state index contributed by atoms with van der Waals surface area (Å²) in [5.74, 6) is -0.115. The molecule has 1 aliphatic rings. The van der Waals surface area contributed by atoms with Gasteiger partial charge in [0.15, 0.2) is 0 Å². The van der Waals surface area contributed by atoms with Crippen LogP contribution >= 0.6 is 0 Å². The summed E-state index contributed by atoms with van der Waals surface area (Å²) in [6.07, 6.45) is -4.62. The van der Waals surface area contributed by atoms with E-state index in [1.807, 2.05) is 25.1 Å². The van der Waals surface area contributed by atoms with Crippen molar-refractivity contribution >= 4 is 11.6 Å².